The fourth-order valence-corrected chi connectivity index (χ4v) is 3.58. The van der Waals surface area contributed by atoms with Crippen LogP contribution >= 0.6 is 11.3 Å². The maximum Gasteiger partial charge on any atom is 0.244 e. The third kappa shape index (κ3) is 4.01. The summed E-state index contributed by atoms with van der Waals surface area (Å²) in [5, 5.41) is 5.83. The van der Waals surface area contributed by atoms with E-state index in [2.05, 4.69) is 10.3 Å². The van der Waals surface area contributed by atoms with Crippen LogP contribution in [0.15, 0.2) is 60.0 Å². The normalized spacial score (nSPS) is 13.7. The third-order valence-corrected chi connectivity index (χ3v) is 5.17. The number of fused-ring (bicyclic) bond motifs is 1. The molecule has 2 aromatic carbocycles. The zero-order chi connectivity index (χ0) is 18.6. The van der Waals surface area contributed by atoms with E-state index < -0.39 is 0 Å². The first-order valence-electron chi connectivity index (χ1n) is 8.58. The van der Waals surface area contributed by atoms with Gasteiger partial charge in [-0.15, -0.1) is 11.3 Å². The van der Waals surface area contributed by atoms with Crippen LogP contribution in [-0.4, -0.2) is 17.7 Å². The second-order valence-electron chi connectivity index (χ2n) is 6.11. The highest BCUT2D eigenvalue weighted by Gasteiger charge is 2.14. The van der Waals surface area contributed by atoms with Gasteiger partial charge in [0.2, 0.25) is 12.7 Å². The lowest BCUT2D eigenvalue weighted by atomic mass is 10.2. The minimum Gasteiger partial charge on any atom is -0.454 e. The van der Waals surface area contributed by atoms with Gasteiger partial charge in [-0.2, -0.15) is 0 Å². The fourth-order valence-electron chi connectivity index (χ4n) is 2.74. The molecule has 1 aromatic heterocycles. The van der Waals surface area contributed by atoms with Crippen LogP contribution < -0.4 is 14.8 Å². The van der Waals surface area contributed by atoms with Crippen molar-refractivity contribution in [2.45, 2.75) is 13.0 Å². The summed E-state index contributed by atoms with van der Waals surface area (Å²) in [4.78, 5) is 16.9. The Balaban J connectivity index is 1.38. The molecule has 5 nitrogen and oxygen atoms in total. The number of amides is 1. The summed E-state index contributed by atoms with van der Waals surface area (Å²) in [6.07, 6.45) is 3.26. The molecule has 6 heteroatoms. The van der Waals surface area contributed by atoms with Crippen LogP contribution in [0.1, 0.15) is 23.5 Å². The Labute approximate surface area is 161 Å². The van der Waals surface area contributed by atoms with Crippen molar-refractivity contribution in [1.82, 2.24) is 10.3 Å². The number of carbonyl (C=O) groups excluding carboxylic acids is 1. The van der Waals surface area contributed by atoms with Gasteiger partial charge in [0.25, 0.3) is 0 Å². The van der Waals surface area contributed by atoms with E-state index in [0.29, 0.717) is 5.75 Å². The molecule has 0 fully saturated rings. The summed E-state index contributed by atoms with van der Waals surface area (Å²) in [6, 6.07) is 15.4. The summed E-state index contributed by atoms with van der Waals surface area (Å²) < 4.78 is 10.6. The lowest BCUT2D eigenvalue weighted by Crippen LogP contribution is -2.24. The Morgan fingerprint density at radius 3 is 2.85 bits per heavy atom. The smallest absolute Gasteiger partial charge is 0.244 e. The molecular formula is C21H18N2O3S. The van der Waals surface area contributed by atoms with Crippen molar-refractivity contribution >= 4 is 23.3 Å². The van der Waals surface area contributed by atoms with Gasteiger partial charge in [0.1, 0.15) is 5.01 Å². The molecule has 1 unspecified atom stereocenters. The van der Waals surface area contributed by atoms with Crippen molar-refractivity contribution in [2.24, 2.45) is 0 Å². The number of aromatic nitrogens is 1. The molecule has 1 aliphatic heterocycles. The van der Waals surface area contributed by atoms with Gasteiger partial charge in [-0.1, -0.05) is 36.4 Å². The Hall–Kier alpha value is -3.12. The second kappa shape index (κ2) is 7.63. The maximum absolute atomic E-state index is 12.2. The maximum atomic E-state index is 12.2. The van der Waals surface area contributed by atoms with E-state index in [0.717, 1.165) is 27.6 Å². The molecule has 3 aromatic rings. The van der Waals surface area contributed by atoms with Gasteiger partial charge >= 0.3 is 0 Å². The summed E-state index contributed by atoms with van der Waals surface area (Å²) in [5.74, 6) is 1.25. The molecule has 1 atom stereocenters. The molecule has 136 valence electrons. The Bertz CT molecular complexity index is 982. The largest absolute Gasteiger partial charge is 0.454 e. The van der Waals surface area contributed by atoms with Gasteiger partial charge in [0.15, 0.2) is 11.5 Å². The number of benzene rings is 2. The lowest BCUT2D eigenvalue weighted by Gasteiger charge is -2.09. The van der Waals surface area contributed by atoms with E-state index in [1.54, 1.807) is 17.4 Å². The fraction of sp³-hybridized carbons (Fsp3) is 0.143. The molecule has 0 saturated heterocycles. The summed E-state index contributed by atoms with van der Waals surface area (Å²) in [7, 11) is 0. The molecule has 1 N–H and O–H groups in total. The number of rotatable bonds is 5. The molecule has 27 heavy (non-hydrogen) atoms. The highest BCUT2D eigenvalue weighted by atomic mass is 32.1. The van der Waals surface area contributed by atoms with E-state index >= 15 is 0 Å². The molecule has 0 radical (unpaired) electrons. The number of thiazole rings is 1. The molecule has 2 heterocycles. The number of hydrogen-bond donors (Lipinski definition) is 1. The van der Waals surface area contributed by atoms with E-state index in [1.807, 2.05) is 60.8 Å². The first-order chi connectivity index (χ1) is 13.2. The second-order valence-corrected chi connectivity index (χ2v) is 7.00. The number of nitrogens with zero attached hydrogens (tertiary/aromatic N) is 1. The highest BCUT2D eigenvalue weighted by molar-refractivity contribution is 7.10. The zero-order valence-electron chi connectivity index (χ0n) is 14.7. The van der Waals surface area contributed by atoms with Crippen LogP contribution in [0.2, 0.25) is 0 Å². The van der Waals surface area contributed by atoms with Crippen LogP contribution in [0.5, 0.6) is 11.5 Å². The van der Waals surface area contributed by atoms with Crippen molar-refractivity contribution in [3.8, 4) is 22.8 Å². The minimum absolute atomic E-state index is 0.165. The Kier molecular flexibility index (Phi) is 4.89. The zero-order valence-corrected chi connectivity index (χ0v) is 15.5. The monoisotopic (exact) mass is 378 g/mol. The minimum atomic E-state index is -0.170. The molecule has 1 amide bonds. The van der Waals surface area contributed by atoms with Gasteiger partial charge in [-0.05, 0) is 30.7 Å². The van der Waals surface area contributed by atoms with Crippen molar-refractivity contribution < 1.29 is 14.3 Å². The van der Waals surface area contributed by atoms with Gasteiger partial charge < -0.3 is 14.8 Å². The van der Waals surface area contributed by atoms with Crippen molar-refractivity contribution in [1.29, 1.82) is 0 Å². The third-order valence-electron chi connectivity index (χ3n) is 4.14. The molecule has 4 rings (SSSR count). The highest BCUT2D eigenvalue weighted by Crippen LogP contribution is 2.32. The first kappa shape index (κ1) is 17.3. The topological polar surface area (TPSA) is 60.5 Å². The van der Waals surface area contributed by atoms with Gasteiger partial charge in [0.05, 0.1) is 11.7 Å². The lowest BCUT2D eigenvalue weighted by molar-refractivity contribution is -0.117. The summed E-state index contributed by atoms with van der Waals surface area (Å²) in [5.41, 5.74) is 2.87. The number of carbonyl (C=O) groups is 1. The standard InChI is InChI=1S/C21H18N2O3S/c1-14(21-23-17(12-27-21)16-5-3-2-4-6-16)22-20(24)10-8-15-7-9-18-19(11-15)26-13-25-18/h2-12,14H,13H2,1H3,(H,22,24)/b10-8+. The number of hydrogen-bond acceptors (Lipinski definition) is 5. The van der Waals surface area contributed by atoms with Crippen molar-refractivity contribution in [3.05, 3.63) is 70.6 Å². The Morgan fingerprint density at radius 1 is 1.19 bits per heavy atom. The molecule has 0 bridgehead atoms. The van der Waals surface area contributed by atoms with E-state index in [9.17, 15) is 4.79 Å². The summed E-state index contributed by atoms with van der Waals surface area (Å²) >= 11 is 1.54. The molecule has 0 spiro atoms. The summed E-state index contributed by atoms with van der Waals surface area (Å²) in [6.45, 7) is 2.17. The Morgan fingerprint density at radius 2 is 2.00 bits per heavy atom. The quantitative estimate of drug-likeness (QED) is 0.667. The average Bonchev–Trinajstić information content (AvgIpc) is 3.36. The van der Waals surface area contributed by atoms with Crippen molar-refractivity contribution in [2.75, 3.05) is 6.79 Å². The molecule has 0 saturated carbocycles. The van der Waals surface area contributed by atoms with Crippen LogP contribution in [0.25, 0.3) is 17.3 Å². The van der Waals surface area contributed by atoms with Crippen LogP contribution in [-0.2, 0) is 4.79 Å². The molecule has 0 aliphatic carbocycles. The van der Waals surface area contributed by atoms with Crippen LogP contribution in [0.3, 0.4) is 0 Å². The number of ether oxygens (including phenoxy) is 2. The van der Waals surface area contributed by atoms with E-state index in [1.165, 1.54) is 6.08 Å². The van der Waals surface area contributed by atoms with Gasteiger partial charge in [0, 0.05) is 17.0 Å². The van der Waals surface area contributed by atoms with Gasteiger partial charge in [-0.3, -0.25) is 4.79 Å². The predicted octanol–water partition coefficient (Wildman–Crippen LogP) is 4.43. The molecular weight excluding hydrogens is 360 g/mol. The number of nitrogens with one attached hydrogen (secondary N) is 1. The predicted molar refractivity (Wildman–Crippen MR) is 106 cm³/mol. The SMILES string of the molecule is CC(NC(=O)/C=C/c1ccc2c(c1)OCO2)c1nc(-c2ccccc2)cs1. The van der Waals surface area contributed by atoms with Gasteiger partial charge in [-0.25, -0.2) is 4.98 Å². The van der Waals surface area contributed by atoms with Crippen molar-refractivity contribution in [3.63, 3.8) is 0 Å². The van der Waals surface area contributed by atoms with E-state index in [-0.39, 0.29) is 18.7 Å². The van der Waals surface area contributed by atoms with E-state index in [4.69, 9.17) is 9.47 Å². The average molecular weight is 378 g/mol. The van der Waals surface area contributed by atoms with Crippen LogP contribution in [0, 0.1) is 0 Å². The van der Waals surface area contributed by atoms with Crippen LogP contribution in [0.4, 0.5) is 0 Å². The molecule has 1 aliphatic rings. The first-order valence-corrected chi connectivity index (χ1v) is 9.46.